The van der Waals surface area contributed by atoms with Crippen molar-refractivity contribution < 1.29 is 35.8 Å². The Balaban J connectivity index is 0.000000164. The van der Waals surface area contributed by atoms with Crippen molar-refractivity contribution >= 4 is 37.7 Å². The van der Waals surface area contributed by atoms with Gasteiger partial charge >= 0.3 is 12.4 Å². The summed E-state index contributed by atoms with van der Waals surface area (Å²) in [6.45, 7) is 0. The molecule has 65 heavy (non-hydrogen) atoms. The molecule has 4 aromatic heterocycles. The van der Waals surface area contributed by atoms with Crippen molar-refractivity contribution in [3.8, 4) is 23.3 Å². The first kappa shape index (κ1) is 43.4. The second kappa shape index (κ2) is 17.6. The van der Waals surface area contributed by atoms with E-state index in [4.69, 9.17) is 9.47 Å². The monoisotopic (exact) mass is 952 g/mol. The zero-order valence-corrected chi connectivity index (χ0v) is 35.6. The van der Waals surface area contributed by atoms with Crippen molar-refractivity contribution in [1.29, 1.82) is 0 Å². The van der Waals surface area contributed by atoms with Crippen LogP contribution in [0.1, 0.15) is 71.1 Å². The lowest BCUT2D eigenvalue weighted by molar-refractivity contribution is -0.139. The largest absolute Gasteiger partial charge is 0.438 e. The lowest BCUT2D eigenvalue weighted by atomic mass is 9.87. The van der Waals surface area contributed by atoms with Gasteiger partial charge in [-0.3, -0.25) is 9.59 Å². The van der Waals surface area contributed by atoms with Gasteiger partial charge in [0.15, 0.2) is 0 Å². The molecule has 2 aliphatic rings. The van der Waals surface area contributed by atoms with E-state index in [1.165, 1.54) is 65.2 Å². The summed E-state index contributed by atoms with van der Waals surface area (Å²) in [5, 5.41) is 0.543. The Bertz CT molecular complexity index is 3210. The van der Waals surface area contributed by atoms with Crippen molar-refractivity contribution in [2.45, 2.75) is 63.0 Å². The van der Waals surface area contributed by atoms with E-state index in [0.717, 1.165) is 55.1 Å². The normalized spacial score (nSPS) is 16.0. The van der Waals surface area contributed by atoms with E-state index in [-0.39, 0.29) is 34.4 Å². The predicted molar refractivity (Wildman–Crippen MR) is 233 cm³/mol. The molecule has 0 N–H and O–H groups in total. The van der Waals surface area contributed by atoms with Gasteiger partial charge in [-0.15, -0.1) is 0 Å². The van der Waals surface area contributed by atoms with E-state index in [1.807, 2.05) is 27.3 Å². The van der Waals surface area contributed by atoms with Crippen LogP contribution in [0.4, 0.5) is 26.3 Å². The molecule has 0 fully saturated rings. The number of aryl methyl sites for hydroxylation is 2. The highest BCUT2D eigenvalue weighted by Crippen LogP contribution is 2.40. The van der Waals surface area contributed by atoms with E-state index in [1.54, 1.807) is 30.6 Å². The van der Waals surface area contributed by atoms with E-state index >= 15 is 0 Å². The molecular weight excluding hydrogens is 918 g/mol. The van der Waals surface area contributed by atoms with Gasteiger partial charge < -0.3 is 18.6 Å². The van der Waals surface area contributed by atoms with Crippen LogP contribution in [0.15, 0.2) is 142 Å². The summed E-state index contributed by atoms with van der Waals surface area (Å²) in [6.07, 6.45) is 2.06. The molecule has 0 spiro atoms. The zero-order chi connectivity index (χ0) is 45.5. The van der Waals surface area contributed by atoms with Crippen LogP contribution >= 0.6 is 15.9 Å². The first-order chi connectivity index (χ1) is 31.2. The van der Waals surface area contributed by atoms with Gasteiger partial charge in [0.2, 0.25) is 11.8 Å². The maximum atomic E-state index is 13.3. The van der Waals surface area contributed by atoms with Crippen molar-refractivity contribution in [3.05, 3.63) is 187 Å². The second-order valence-corrected chi connectivity index (χ2v) is 16.5. The van der Waals surface area contributed by atoms with Crippen LogP contribution in [-0.4, -0.2) is 29.1 Å². The van der Waals surface area contributed by atoms with Crippen molar-refractivity contribution in [2.24, 2.45) is 0 Å². The highest BCUT2D eigenvalue weighted by molar-refractivity contribution is 9.10. The Morgan fingerprint density at radius 3 is 1.57 bits per heavy atom. The summed E-state index contributed by atoms with van der Waals surface area (Å²) < 4.78 is 95.5. The number of benzene rings is 4. The van der Waals surface area contributed by atoms with Gasteiger partial charge in [-0.05, 0) is 134 Å². The third-order valence-corrected chi connectivity index (χ3v) is 12.0. The van der Waals surface area contributed by atoms with Crippen LogP contribution in [0.2, 0.25) is 0 Å². The number of aromatic nitrogens is 6. The summed E-state index contributed by atoms with van der Waals surface area (Å²) >= 11 is 3.52. The van der Waals surface area contributed by atoms with Crippen LogP contribution in [0.3, 0.4) is 0 Å². The van der Waals surface area contributed by atoms with Crippen molar-refractivity contribution in [1.82, 2.24) is 29.1 Å². The Kier molecular flexibility index (Phi) is 11.7. The molecule has 2 atom stereocenters. The molecule has 8 aromatic rings. The number of nitrogens with zero attached hydrogens (tertiary/aromatic N) is 6. The number of hydrogen-bond donors (Lipinski definition) is 0. The molecule has 330 valence electrons. The molecule has 0 aliphatic heterocycles. The lowest BCUT2D eigenvalue weighted by Crippen LogP contribution is -2.21. The molecule has 17 heteroatoms. The average molecular weight is 954 g/mol. The quantitative estimate of drug-likeness (QED) is 0.151. The summed E-state index contributed by atoms with van der Waals surface area (Å²) in [4.78, 5) is 40.5. The van der Waals surface area contributed by atoms with Crippen LogP contribution in [0.25, 0.3) is 21.8 Å². The Labute approximate surface area is 374 Å². The molecular formula is C48H35BrF6N6O4. The average Bonchev–Trinajstić information content (AvgIpc) is 3.29. The van der Waals surface area contributed by atoms with Crippen LogP contribution < -0.4 is 20.6 Å². The molecule has 0 amide bonds. The summed E-state index contributed by atoms with van der Waals surface area (Å²) in [6, 6.07) is 27.9. The van der Waals surface area contributed by atoms with E-state index in [2.05, 4.69) is 60.1 Å². The zero-order valence-electron chi connectivity index (χ0n) is 34.0. The minimum absolute atomic E-state index is 0.00293. The SMILES string of the molecule is O=c1ncn(C2CCCc3cc(Br)ccc32)c2ccc(Oc3ncccc3C(F)(F)F)cc12.O=c1ncn(C2CCCc3ccccc32)c2ccc(Oc3ncccc3C(F)(F)F)cc12. The Morgan fingerprint density at radius 2 is 1.05 bits per heavy atom. The first-order valence-corrected chi connectivity index (χ1v) is 21.3. The topological polar surface area (TPSA) is 114 Å². The molecule has 10 nitrogen and oxygen atoms in total. The molecule has 2 aliphatic carbocycles. The fraction of sp³-hybridized carbons (Fsp3) is 0.208. The lowest BCUT2D eigenvalue weighted by Gasteiger charge is -2.29. The number of fused-ring (bicyclic) bond motifs is 4. The number of hydrogen-bond acceptors (Lipinski definition) is 8. The van der Waals surface area contributed by atoms with Gasteiger partial charge in [-0.25, -0.2) is 9.97 Å². The molecule has 4 aromatic carbocycles. The molecule has 0 saturated carbocycles. The van der Waals surface area contributed by atoms with E-state index in [9.17, 15) is 35.9 Å². The number of pyridine rings is 2. The van der Waals surface area contributed by atoms with Gasteiger partial charge in [0.25, 0.3) is 11.1 Å². The Morgan fingerprint density at radius 1 is 0.554 bits per heavy atom. The third-order valence-electron chi connectivity index (χ3n) is 11.5. The smallest absolute Gasteiger partial charge is 0.421 e. The maximum absolute atomic E-state index is 13.3. The number of halogens is 7. The maximum Gasteiger partial charge on any atom is 0.421 e. The number of ether oxygens (including phenoxy) is 2. The predicted octanol–water partition coefficient (Wildman–Crippen LogP) is 11.8. The second-order valence-electron chi connectivity index (χ2n) is 15.5. The molecule has 0 bridgehead atoms. The molecule has 0 radical (unpaired) electrons. The highest BCUT2D eigenvalue weighted by Gasteiger charge is 2.36. The fourth-order valence-electron chi connectivity index (χ4n) is 8.60. The fourth-order valence-corrected chi connectivity index (χ4v) is 9.01. The van der Waals surface area contributed by atoms with E-state index < -0.39 is 46.4 Å². The third kappa shape index (κ3) is 8.97. The van der Waals surface area contributed by atoms with Crippen LogP contribution in [0.5, 0.6) is 23.3 Å². The van der Waals surface area contributed by atoms with Gasteiger partial charge in [-0.2, -0.15) is 36.3 Å². The molecule has 4 heterocycles. The minimum atomic E-state index is -4.61. The molecule has 10 rings (SSSR count). The highest BCUT2D eigenvalue weighted by atomic mass is 79.9. The molecule has 0 saturated heterocycles. The van der Waals surface area contributed by atoms with Gasteiger partial charge in [0.1, 0.15) is 22.6 Å². The van der Waals surface area contributed by atoms with Gasteiger partial charge in [0, 0.05) is 16.9 Å². The standard InChI is InChI=1S/C24H17BrF3N3O2.C24H18F3N3O2/c25-15-6-8-17-14(11-15)3-1-5-20(17)31-13-30-22(32)18-12-16(7-9-21(18)31)33-23-19(24(26,27)28)4-2-10-29-23;25-24(26,27)19-8-4-12-28-23(19)32-16-10-11-21-18(13-16)22(31)29-14-30(21)20-9-3-6-15-5-1-2-7-17(15)20/h2,4,6-13,20H,1,3,5H2;1-2,4-5,7-8,10-14,20H,3,6,9H2. The number of rotatable bonds is 6. The van der Waals surface area contributed by atoms with Crippen molar-refractivity contribution in [2.75, 3.05) is 0 Å². The minimum Gasteiger partial charge on any atom is -0.438 e. The number of alkyl halides is 6. The van der Waals surface area contributed by atoms with E-state index in [0.29, 0.717) is 11.0 Å². The van der Waals surface area contributed by atoms with Crippen molar-refractivity contribution in [3.63, 3.8) is 0 Å². The molecule has 2 unspecified atom stereocenters. The summed E-state index contributed by atoms with van der Waals surface area (Å²) in [5.74, 6) is -0.969. The summed E-state index contributed by atoms with van der Waals surface area (Å²) in [5.41, 5.74) is 3.23. The van der Waals surface area contributed by atoms with Crippen LogP contribution in [-0.2, 0) is 25.2 Å². The van der Waals surface area contributed by atoms with Gasteiger partial charge in [-0.1, -0.05) is 46.3 Å². The Hall–Kier alpha value is -6.88. The first-order valence-electron chi connectivity index (χ1n) is 20.5. The van der Waals surface area contributed by atoms with Gasteiger partial charge in [0.05, 0.1) is 46.5 Å². The summed E-state index contributed by atoms with van der Waals surface area (Å²) in [7, 11) is 0. The van der Waals surface area contributed by atoms with Crippen LogP contribution in [0, 0.1) is 0 Å².